The third kappa shape index (κ3) is 3.04. The molecule has 4 saturated carbocycles. The van der Waals surface area contributed by atoms with E-state index in [2.05, 4.69) is 59.7 Å². The molecule has 5 heteroatoms. The lowest BCUT2D eigenvalue weighted by atomic mass is 9.33. The predicted octanol–water partition coefficient (Wildman–Crippen LogP) is 6.97. The predicted molar refractivity (Wildman–Crippen MR) is 141 cm³/mol. The molecule has 0 bridgehead atoms. The van der Waals surface area contributed by atoms with Crippen molar-refractivity contribution in [3.05, 3.63) is 11.6 Å². The fourth-order valence-corrected chi connectivity index (χ4v) is 10.6. The van der Waals surface area contributed by atoms with Gasteiger partial charge in [0, 0.05) is 11.3 Å². The van der Waals surface area contributed by atoms with Crippen LogP contribution in [0.25, 0.3) is 0 Å². The number of nitrogens with zero attached hydrogens (tertiary/aromatic N) is 1. The molecule has 0 aromatic heterocycles. The molecule has 4 fully saturated rings. The van der Waals surface area contributed by atoms with Gasteiger partial charge in [0.25, 0.3) is 0 Å². The Balaban J connectivity index is 1.61. The zero-order valence-electron chi connectivity index (χ0n) is 23.8. The minimum absolute atomic E-state index is 0.0306. The fraction of sp³-hybridized carbons (Fsp3) is 0.839. The molecule has 0 radical (unpaired) electrons. The Morgan fingerprint density at radius 3 is 2.31 bits per heavy atom. The molecule has 0 aromatic rings. The summed E-state index contributed by atoms with van der Waals surface area (Å²) in [5.41, 5.74) is 1.32. The molecular formula is C31H47NO4. The molecule has 8 atom stereocenters. The maximum atomic E-state index is 14.3. The van der Waals surface area contributed by atoms with E-state index < -0.39 is 5.41 Å². The van der Waals surface area contributed by atoms with E-state index in [0.717, 1.165) is 63.5 Å². The first-order valence-electron chi connectivity index (χ1n) is 14.2. The number of fused-ring (bicyclic) bond motifs is 7. The van der Waals surface area contributed by atoms with Crippen LogP contribution in [0.5, 0.6) is 0 Å². The van der Waals surface area contributed by atoms with Crippen molar-refractivity contribution in [1.29, 1.82) is 0 Å². The van der Waals surface area contributed by atoms with Gasteiger partial charge in [-0.1, -0.05) is 52.3 Å². The first-order valence-corrected chi connectivity index (χ1v) is 14.2. The number of hydrogen-bond donors (Lipinski definition) is 1. The third-order valence-corrected chi connectivity index (χ3v) is 13.2. The lowest BCUT2D eigenvalue weighted by Crippen LogP contribution is -2.66. The molecule has 0 aromatic carbocycles. The fourth-order valence-electron chi connectivity index (χ4n) is 10.6. The average Bonchev–Trinajstić information content (AvgIpc) is 2.80. The van der Waals surface area contributed by atoms with Crippen LogP contribution >= 0.6 is 0 Å². The number of carbonyl (C=O) groups is 2. The van der Waals surface area contributed by atoms with Gasteiger partial charge in [-0.15, -0.1) is 0 Å². The van der Waals surface area contributed by atoms with Gasteiger partial charge in [0.2, 0.25) is 0 Å². The minimum Gasteiger partial charge on any atom is -0.469 e. The normalized spacial score (nSPS) is 50.8. The van der Waals surface area contributed by atoms with Crippen molar-refractivity contribution in [3.8, 4) is 0 Å². The van der Waals surface area contributed by atoms with Gasteiger partial charge in [0.05, 0.1) is 18.2 Å². The van der Waals surface area contributed by atoms with E-state index in [1.807, 2.05) is 0 Å². The number of esters is 1. The second kappa shape index (κ2) is 7.69. The second-order valence-electron chi connectivity index (χ2n) is 15.0. The highest BCUT2D eigenvalue weighted by atomic mass is 16.5. The molecule has 0 saturated heterocycles. The lowest BCUT2D eigenvalue weighted by Gasteiger charge is -2.70. The summed E-state index contributed by atoms with van der Waals surface area (Å²) in [6.45, 7) is 16.1. The van der Waals surface area contributed by atoms with Crippen molar-refractivity contribution in [1.82, 2.24) is 0 Å². The van der Waals surface area contributed by atoms with Crippen molar-refractivity contribution in [2.45, 2.75) is 106 Å². The van der Waals surface area contributed by atoms with Gasteiger partial charge in [-0.3, -0.25) is 9.59 Å². The molecule has 1 N–H and O–H groups in total. The van der Waals surface area contributed by atoms with E-state index >= 15 is 0 Å². The molecule has 0 unspecified atom stereocenters. The number of carbonyl (C=O) groups excluding carboxylic acids is 2. The summed E-state index contributed by atoms with van der Waals surface area (Å²) in [4.78, 5) is 27.2. The van der Waals surface area contributed by atoms with Gasteiger partial charge in [0.15, 0.2) is 5.78 Å². The maximum Gasteiger partial charge on any atom is 0.311 e. The highest BCUT2D eigenvalue weighted by Crippen LogP contribution is 2.74. The smallest absolute Gasteiger partial charge is 0.311 e. The molecule has 0 spiro atoms. The summed E-state index contributed by atoms with van der Waals surface area (Å²) < 4.78 is 5.25. The molecule has 0 heterocycles. The third-order valence-electron chi connectivity index (χ3n) is 13.2. The Hall–Kier alpha value is -1.65. The first kappa shape index (κ1) is 26.0. The van der Waals surface area contributed by atoms with Gasteiger partial charge < -0.3 is 9.94 Å². The van der Waals surface area contributed by atoms with Crippen molar-refractivity contribution >= 4 is 17.5 Å². The number of rotatable bonds is 1. The Morgan fingerprint density at radius 2 is 1.67 bits per heavy atom. The molecule has 5 nitrogen and oxygen atoms in total. The Morgan fingerprint density at radius 1 is 1.00 bits per heavy atom. The van der Waals surface area contributed by atoms with E-state index in [1.54, 1.807) is 0 Å². The summed E-state index contributed by atoms with van der Waals surface area (Å²) in [6, 6.07) is 0. The van der Waals surface area contributed by atoms with E-state index in [4.69, 9.17) is 4.74 Å². The molecule has 0 amide bonds. The molecular weight excluding hydrogens is 450 g/mol. The SMILES string of the molecule is COC(=O)[C@@]1(C)CC[C@]2(C)CC[C@]3(C)C(=CC(=O)[C@@H]4[C@@]5(C)CCC(=NO)C(C)(C)[C@@H]5CC[C@]43C)[C@@H]2C1. The lowest BCUT2D eigenvalue weighted by molar-refractivity contribution is -0.176. The van der Waals surface area contributed by atoms with Crippen molar-refractivity contribution < 1.29 is 19.5 Å². The van der Waals surface area contributed by atoms with E-state index in [-0.39, 0.29) is 44.9 Å². The number of oxime groups is 1. The minimum atomic E-state index is -0.490. The maximum absolute atomic E-state index is 14.3. The van der Waals surface area contributed by atoms with E-state index in [0.29, 0.717) is 11.7 Å². The zero-order chi connectivity index (χ0) is 26.5. The Kier molecular flexibility index (Phi) is 5.55. The van der Waals surface area contributed by atoms with Crippen LogP contribution in [0.15, 0.2) is 16.8 Å². The van der Waals surface area contributed by atoms with E-state index in [1.165, 1.54) is 12.7 Å². The topological polar surface area (TPSA) is 76.0 Å². The van der Waals surface area contributed by atoms with Crippen LogP contribution in [0.1, 0.15) is 106 Å². The molecule has 36 heavy (non-hydrogen) atoms. The van der Waals surface area contributed by atoms with Gasteiger partial charge in [0.1, 0.15) is 0 Å². The Labute approximate surface area is 217 Å². The standard InChI is InChI=1S/C31H47NO4/c1-26(2)22-9-12-31(7)24(29(22,5)11-10-23(26)32-35)21(33)17-19-20-18-28(4,25(34)36-8)14-13-27(20,3)15-16-30(19,31)6/h17,20,22,24,35H,9-16,18H2,1-8H3/t20-,22-,24+,27+,28-,29-,30+,31+/m0/s1. The number of ether oxygens (including phenoxy) is 1. The molecule has 5 rings (SSSR count). The zero-order valence-corrected chi connectivity index (χ0v) is 23.8. The van der Waals surface area contributed by atoms with Crippen LogP contribution in [0, 0.1) is 50.2 Å². The van der Waals surface area contributed by atoms with Gasteiger partial charge in [-0.2, -0.15) is 0 Å². The Bertz CT molecular complexity index is 1060. The summed E-state index contributed by atoms with van der Waals surface area (Å²) in [7, 11) is 1.50. The summed E-state index contributed by atoms with van der Waals surface area (Å²) >= 11 is 0. The van der Waals surface area contributed by atoms with Crippen LogP contribution in [0.3, 0.4) is 0 Å². The number of ketones is 1. The van der Waals surface area contributed by atoms with Gasteiger partial charge in [-0.05, 0) is 104 Å². The van der Waals surface area contributed by atoms with Crippen molar-refractivity contribution in [2.75, 3.05) is 7.11 Å². The van der Waals surface area contributed by atoms with Crippen LogP contribution in [0.2, 0.25) is 0 Å². The summed E-state index contributed by atoms with van der Waals surface area (Å²) in [6.07, 6.45) is 10.7. The number of hydrogen-bond acceptors (Lipinski definition) is 5. The first-order chi connectivity index (χ1) is 16.6. The van der Waals surface area contributed by atoms with Crippen LogP contribution in [-0.4, -0.2) is 29.8 Å². The van der Waals surface area contributed by atoms with Crippen molar-refractivity contribution in [2.24, 2.45) is 55.4 Å². The molecule has 5 aliphatic rings. The summed E-state index contributed by atoms with van der Waals surface area (Å²) in [5, 5.41) is 13.5. The molecule has 5 aliphatic carbocycles. The average molecular weight is 498 g/mol. The van der Waals surface area contributed by atoms with Gasteiger partial charge >= 0.3 is 5.97 Å². The molecule has 200 valence electrons. The summed E-state index contributed by atoms with van der Waals surface area (Å²) in [5.74, 6) is 0.708. The van der Waals surface area contributed by atoms with Crippen LogP contribution in [0.4, 0.5) is 0 Å². The number of methoxy groups -OCH3 is 1. The van der Waals surface area contributed by atoms with Gasteiger partial charge in [-0.25, -0.2) is 0 Å². The molecule has 0 aliphatic heterocycles. The quantitative estimate of drug-likeness (QED) is 0.241. The highest BCUT2D eigenvalue weighted by molar-refractivity contribution is 5.97. The number of allylic oxidation sites excluding steroid dienone is 2. The second-order valence-corrected chi connectivity index (χ2v) is 15.0. The van der Waals surface area contributed by atoms with Crippen molar-refractivity contribution in [3.63, 3.8) is 0 Å². The van der Waals surface area contributed by atoms with E-state index in [9.17, 15) is 14.8 Å². The largest absolute Gasteiger partial charge is 0.469 e. The van der Waals surface area contributed by atoms with Crippen LogP contribution < -0.4 is 0 Å². The monoisotopic (exact) mass is 497 g/mol. The highest BCUT2D eigenvalue weighted by Gasteiger charge is 2.70. The van der Waals surface area contributed by atoms with Crippen LogP contribution in [-0.2, 0) is 14.3 Å².